The number of likely N-dealkylation sites (tertiary alicyclic amines) is 1. The number of esters is 1. The Balaban J connectivity index is 1.42. The smallest absolute Gasteiger partial charge is 0.328 e. The number of hydrogen-bond donors (Lipinski definition) is 4. The Labute approximate surface area is 296 Å². The van der Waals surface area contributed by atoms with E-state index < -0.39 is 46.9 Å². The molecule has 2 unspecified atom stereocenters. The van der Waals surface area contributed by atoms with Gasteiger partial charge in [-0.05, 0) is 64.7 Å². The number of ether oxygens (including phenoxy) is 1. The van der Waals surface area contributed by atoms with Crippen molar-refractivity contribution in [2.75, 3.05) is 19.0 Å². The molecular formula is C37H45N7O7. The van der Waals surface area contributed by atoms with Crippen LogP contribution < -0.4 is 10.6 Å². The number of amides is 4. The van der Waals surface area contributed by atoms with Crippen molar-refractivity contribution < 1.29 is 33.5 Å². The molecule has 1 aliphatic rings. The van der Waals surface area contributed by atoms with Crippen molar-refractivity contribution in [3.63, 3.8) is 0 Å². The SMILES string of the molecule is COC(=O)C1CCCN1C(=O)C(c1ccccc1)c1nc(NC(=O)[C@@H](Cc2c[nH]c3ccccc23)NC(=O)C(C)(C)N(C=O)OC(C)(C)C)c[nH]1. The molecule has 4 amide bonds. The van der Waals surface area contributed by atoms with Gasteiger partial charge in [0.15, 0.2) is 5.82 Å². The molecule has 0 saturated carbocycles. The largest absolute Gasteiger partial charge is 0.467 e. The number of nitrogens with one attached hydrogen (secondary N) is 4. The van der Waals surface area contributed by atoms with Crippen molar-refractivity contribution in [3.05, 3.63) is 83.9 Å². The molecular weight excluding hydrogens is 654 g/mol. The summed E-state index contributed by atoms with van der Waals surface area (Å²) in [5.41, 5.74) is 0.0310. The zero-order valence-corrected chi connectivity index (χ0v) is 29.7. The van der Waals surface area contributed by atoms with E-state index in [2.05, 4.69) is 25.6 Å². The van der Waals surface area contributed by atoms with Gasteiger partial charge in [0.05, 0.1) is 12.7 Å². The van der Waals surface area contributed by atoms with E-state index >= 15 is 0 Å². The number of fused-ring (bicyclic) bond motifs is 1. The lowest BCUT2D eigenvalue weighted by Gasteiger charge is -2.37. The quantitative estimate of drug-likeness (QED) is 0.0924. The van der Waals surface area contributed by atoms with Gasteiger partial charge in [-0.2, -0.15) is 0 Å². The topological polar surface area (TPSA) is 179 Å². The fraction of sp³-hybridized carbons (Fsp3) is 0.405. The number of benzene rings is 2. The van der Waals surface area contributed by atoms with E-state index in [1.165, 1.54) is 32.1 Å². The third-order valence-electron chi connectivity index (χ3n) is 8.81. The molecule has 2 aromatic carbocycles. The molecule has 3 heterocycles. The van der Waals surface area contributed by atoms with Crippen molar-refractivity contribution in [1.82, 2.24) is 30.2 Å². The molecule has 1 fully saturated rings. The Hall–Kier alpha value is -5.50. The lowest BCUT2D eigenvalue weighted by Crippen LogP contribution is -2.59. The number of para-hydroxylation sites is 1. The molecule has 270 valence electrons. The van der Waals surface area contributed by atoms with Crippen LogP contribution in [0.3, 0.4) is 0 Å². The number of hydroxylamine groups is 2. The fourth-order valence-electron chi connectivity index (χ4n) is 6.13. The molecule has 4 N–H and O–H groups in total. The number of nitrogens with zero attached hydrogens (tertiary/aromatic N) is 3. The highest BCUT2D eigenvalue weighted by Gasteiger charge is 2.41. The van der Waals surface area contributed by atoms with E-state index in [9.17, 15) is 24.0 Å². The monoisotopic (exact) mass is 699 g/mol. The molecule has 3 atom stereocenters. The van der Waals surface area contributed by atoms with E-state index in [1.54, 1.807) is 51.2 Å². The molecule has 14 nitrogen and oxygen atoms in total. The molecule has 4 aromatic rings. The summed E-state index contributed by atoms with van der Waals surface area (Å²) in [6.07, 6.45) is 4.94. The summed E-state index contributed by atoms with van der Waals surface area (Å²) < 4.78 is 4.96. The van der Waals surface area contributed by atoms with Gasteiger partial charge in [-0.1, -0.05) is 48.5 Å². The van der Waals surface area contributed by atoms with Gasteiger partial charge in [-0.3, -0.25) is 24.0 Å². The number of rotatable bonds is 13. The molecule has 0 spiro atoms. The number of hydrogen-bond acceptors (Lipinski definition) is 8. The van der Waals surface area contributed by atoms with Gasteiger partial charge in [0.25, 0.3) is 0 Å². The van der Waals surface area contributed by atoms with Crippen LogP contribution in [0.2, 0.25) is 0 Å². The van der Waals surface area contributed by atoms with Crippen molar-refractivity contribution in [2.45, 2.75) is 83.0 Å². The van der Waals surface area contributed by atoms with E-state index in [0.717, 1.165) is 21.5 Å². The summed E-state index contributed by atoms with van der Waals surface area (Å²) in [4.78, 5) is 84.5. The van der Waals surface area contributed by atoms with Crippen LogP contribution in [0, 0.1) is 0 Å². The third kappa shape index (κ3) is 8.28. The Bertz CT molecular complexity index is 1880. The summed E-state index contributed by atoms with van der Waals surface area (Å²) in [5, 5.41) is 7.44. The normalized spacial score (nSPS) is 16.0. The van der Waals surface area contributed by atoms with E-state index in [1.807, 2.05) is 30.3 Å². The molecule has 2 aromatic heterocycles. The molecule has 0 radical (unpaired) electrons. The predicted molar refractivity (Wildman–Crippen MR) is 189 cm³/mol. The first-order chi connectivity index (χ1) is 24.2. The van der Waals surface area contributed by atoms with Gasteiger partial charge in [0, 0.05) is 36.3 Å². The fourth-order valence-corrected chi connectivity index (χ4v) is 6.13. The molecule has 1 saturated heterocycles. The van der Waals surface area contributed by atoms with Crippen LogP contribution in [0.15, 0.2) is 67.0 Å². The first-order valence-electron chi connectivity index (χ1n) is 16.8. The molecule has 0 bridgehead atoms. The number of imidazole rings is 1. The molecule has 1 aliphatic heterocycles. The van der Waals surface area contributed by atoms with Crippen LogP contribution >= 0.6 is 0 Å². The van der Waals surface area contributed by atoms with E-state index in [0.29, 0.717) is 31.4 Å². The highest BCUT2D eigenvalue weighted by atomic mass is 16.7. The number of anilines is 1. The first kappa shape index (κ1) is 36.8. The predicted octanol–water partition coefficient (Wildman–Crippen LogP) is 3.82. The highest BCUT2D eigenvalue weighted by Crippen LogP contribution is 2.30. The standard InChI is InChI=1S/C37H45N7O7/c1-36(2,3)51-44(22-45)37(4,5)35(49)40-27(19-24-20-38-26-16-11-10-15-25(24)26)32(46)42-29-21-39-31(41-29)30(23-13-8-7-9-14-23)33(47)43-18-12-17-28(43)34(48)50-6/h7-11,13-16,20-22,27-28,30,38H,12,17-19H2,1-6H3,(H,39,41)(H,40,49)(H,42,46)/t27-,28?,30?/m1/s1. The summed E-state index contributed by atoms with van der Waals surface area (Å²) in [7, 11) is 1.30. The van der Waals surface area contributed by atoms with Gasteiger partial charge in [0.1, 0.15) is 29.4 Å². The highest BCUT2D eigenvalue weighted by molar-refractivity contribution is 5.99. The summed E-state index contributed by atoms with van der Waals surface area (Å²) in [6.45, 7) is 8.69. The van der Waals surface area contributed by atoms with Gasteiger partial charge >= 0.3 is 5.97 Å². The maximum Gasteiger partial charge on any atom is 0.328 e. The Kier molecular flexibility index (Phi) is 10.9. The maximum atomic E-state index is 14.1. The summed E-state index contributed by atoms with van der Waals surface area (Å²) >= 11 is 0. The molecule has 0 aliphatic carbocycles. The number of aromatic nitrogens is 3. The molecule has 51 heavy (non-hydrogen) atoms. The second-order valence-electron chi connectivity index (χ2n) is 14.0. The van der Waals surface area contributed by atoms with Crippen molar-refractivity contribution in [2.24, 2.45) is 0 Å². The van der Waals surface area contributed by atoms with Gasteiger partial charge in [-0.25, -0.2) is 14.8 Å². The minimum absolute atomic E-state index is 0.102. The van der Waals surface area contributed by atoms with Gasteiger partial charge in [0.2, 0.25) is 24.1 Å². The zero-order chi connectivity index (χ0) is 36.9. The Morgan fingerprint density at radius 2 is 1.73 bits per heavy atom. The van der Waals surface area contributed by atoms with Crippen LogP contribution in [0.4, 0.5) is 5.82 Å². The zero-order valence-electron chi connectivity index (χ0n) is 29.7. The maximum absolute atomic E-state index is 14.1. The minimum Gasteiger partial charge on any atom is -0.467 e. The number of H-pyrrole nitrogens is 2. The number of aromatic amines is 2. The minimum atomic E-state index is -1.49. The van der Waals surface area contributed by atoms with Crippen LogP contribution in [0.1, 0.15) is 70.3 Å². The van der Waals surface area contributed by atoms with Crippen LogP contribution in [0.25, 0.3) is 10.9 Å². The van der Waals surface area contributed by atoms with Crippen molar-refractivity contribution in [1.29, 1.82) is 0 Å². The lowest BCUT2D eigenvalue weighted by atomic mass is 9.96. The first-order valence-corrected chi connectivity index (χ1v) is 16.8. The Morgan fingerprint density at radius 3 is 2.41 bits per heavy atom. The van der Waals surface area contributed by atoms with Crippen molar-refractivity contribution >= 4 is 46.8 Å². The van der Waals surface area contributed by atoms with Crippen LogP contribution in [-0.4, -0.2) is 91.9 Å². The average molecular weight is 700 g/mol. The summed E-state index contributed by atoms with van der Waals surface area (Å²) in [6, 6.07) is 14.8. The van der Waals surface area contributed by atoms with Crippen LogP contribution in [-0.2, 0) is 40.0 Å². The second kappa shape index (κ2) is 15.2. The summed E-state index contributed by atoms with van der Waals surface area (Å²) in [5.74, 6) is -2.53. The number of carbonyl (C=O) groups excluding carboxylic acids is 5. The second-order valence-corrected chi connectivity index (χ2v) is 14.0. The third-order valence-corrected chi connectivity index (χ3v) is 8.81. The lowest BCUT2D eigenvalue weighted by molar-refractivity contribution is -0.247. The number of carbonyl (C=O) groups is 5. The molecule has 5 rings (SSSR count). The Morgan fingerprint density at radius 1 is 1.02 bits per heavy atom. The van der Waals surface area contributed by atoms with E-state index in [4.69, 9.17) is 9.57 Å². The van der Waals surface area contributed by atoms with Gasteiger partial charge < -0.3 is 30.2 Å². The van der Waals surface area contributed by atoms with Crippen molar-refractivity contribution in [3.8, 4) is 0 Å². The number of methoxy groups -OCH3 is 1. The molecule has 14 heteroatoms. The van der Waals surface area contributed by atoms with Gasteiger partial charge in [-0.15, -0.1) is 0 Å². The van der Waals surface area contributed by atoms with Crippen LogP contribution in [0.5, 0.6) is 0 Å². The average Bonchev–Trinajstić information content (AvgIpc) is 3.87. The van der Waals surface area contributed by atoms with E-state index in [-0.39, 0.29) is 24.0 Å².